The lowest BCUT2D eigenvalue weighted by atomic mass is 10.1. The Hall–Kier alpha value is -3.15. The molecule has 0 aliphatic carbocycles. The van der Waals surface area contributed by atoms with Crippen LogP contribution in [0.2, 0.25) is 10.0 Å². The molecule has 0 saturated carbocycles. The molecule has 36 heavy (non-hydrogen) atoms. The molecule has 2 aromatic heterocycles. The summed E-state index contributed by atoms with van der Waals surface area (Å²) in [6.45, 7) is 2.40. The number of piperazine rings is 1. The Labute approximate surface area is 221 Å². The molecule has 2 saturated heterocycles. The Morgan fingerprint density at radius 3 is 2.67 bits per heavy atom. The fourth-order valence-electron chi connectivity index (χ4n) is 4.17. The zero-order chi connectivity index (χ0) is 25.4. The number of urea groups is 1. The lowest BCUT2D eigenvalue weighted by Crippen LogP contribution is -2.60. The van der Waals surface area contributed by atoms with Crippen LogP contribution in [0.3, 0.4) is 0 Å². The first-order chi connectivity index (χ1) is 17.3. The van der Waals surface area contributed by atoms with Crippen LogP contribution in [0, 0.1) is 0 Å². The number of benzene rings is 1. The molecule has 3 aromatic rings. The van der Waals surface area contributed by atoms with Crippen molar-refractivity contribution in [2.24, 2.45) is 0 Å². The molecular weight excluding hydrogens is 525 g/mol. The highest BCUT2D eigenvalue weighted by molar-refractivity contribution is 7.17. The molecule has 1 unspecified atom stereocenters. The van der Waals surface area contributed by atoms with Gasteiger partial charge in [-0.3, -0.25) is 14.5 Å². The summed E-state index contributed by atoms with van der Waals surface area (Å²) in [4.78, 5) is 51.0. The zero-order valence-corrected chi connectivity index (χ0v) is 21.7. The van der Waals surface area contributed by atoms with Gasteiger partial charge in [0.2, 0.25) is 17.8 Å². The summed E-state index contributed by atoms with van der Waals surface area (Å²) in [5, 5.41) is 9.11. The van der Waals surface area contributed by atoms with Crippen molar-refractivity contribution < 1.29 is 14.4 Å². The van der Waals surface area contributed by atoms with Crippen LogP contribution in [-0.2, 0) is 16.1 Å². The lowest BCUT2D eigenvalue weighted by molar-refractivity contribution is -0.139. The molecule has 5 rings (SSSR count). The topological polar surface area (TPSA) is 111 Å². The first-order valence-electron chi connectivity index (χ1n) is 11.3. The number of nitrogens with one attached hydrogen (secondary N) is 2. The van der Waals surface area contributed by atoms with Gasteiger partial charge in [-0.25, -0.2) is 9.78 Å². The molecule has 1 atom stereocenters. The molecule has 0 bridgehead atoms. The molecule has 188 valence electrons. The molecular formula is C23H23Cl2N7O3S. The Morgan fingerprint density at radius 1 is 1.17 bits per heavy atom. The van der Waals surface area contributed by atoms with Crippen molar-refractivity contribution in [2.45, 2.75) is 19.0 Å². The number of imide groups is 1. The van der Waals surface area contributed by atoms with E-state index in [1.54, 1.807) is 28.4 Å². The number of hydrogen-bond donors (Lipinski definition) is 2. The fourth-order valence-corrected chi connectivity index (χ4v) is 5.45. The number of nitrogens with zero attached hydrogens (tertiary/aromatic N) is 5. The minimum Gasteiger partial charge on any atom is -0.365 e. The largest absolute Gasteiger partial charge is 0.365 e. The van der Waals surface area contributed by atoms with E-state index in [1.807, 2.05) is 22.4 Å². The lowest BCUT2D eigenvalue weighted by Gasteiger charge is -2.37. The van der Waals surface area contributed by atoms with Crippen LogP contribution in [0.4, 0.5) is 16.6 Å². The molecule has 1 aromatic carbocycles. The van der Waals surface area contributed by atoms with E-state index >= 15 is 0 Å². The van der Waals surface area contributed by atoms with Gasteiger partial charge in [0.1, 0.15) is 11.9 Å². The maximum absolute atomic E-state index is 12.9. The molecule has 2 N–H and O–H groups in total. The maximum atomic E-state index is 12.9. The first-order valence-corrected chi connectivity index (χ1v) is 13.0. The SMILES string of the molecule is CN1C(=O)CC(C(=O)N2CCN(c3nc(NCc4ccc(Cl)cc4Cl)c4sccc4n3)CC2)NC1=O. The summed E-state index contributed by atoms with van der Waals surface area (Å²) in [6.07, 6.45) is -0.0358. The first kappa shape index (κ1) is 24.5. The van der Waals surface area contributed by atoms with Crippen LogP contribution >= 0.6 is 34.5 Å². The van der Waals surface area contributed by atoms with E-state index in [2.05, 4.69) is 10.6 Å². The normalized spacial score (nSPS) is 18.5. The van der Waals surface area contributed by atoms with Gasteiger partial charge in [-0.2, -0.15) is 4.98 Å². The molecule has 0 spiro atoms. The highest BCUT2D eigenvalue weighted by Crippen LogP contribution is 2.30. The standard InChI is InChI=1S/C23H23Cl2N7O3S/c1-30-18(33)11-17(28-23(30)35)21(34)31-5-7-32(8-6-31)22-27-16-4-9-36-19(16)20(29-22)26-12-13-2-3-14(24)10-15(13)25/h2-4,9-10,17H,5-8,11-12H2,1H3,(H,28,35)(H,26,27,29). The van der Waals surface area contributed by atoms with Gasteiger partial charge >= 0.3 is 6.03 Å². The fraction of sp³-hybridized carbons (Fsp3) is 0.348. The van der Waals surface area contributed by atoms with E-state index in [0.29, 0.717) is 54.5 Å². The highest BCUT2D eigenvalue weighted by Gasteiger charge is 2.36. The predicted octanol–water partition coefficient (Wildman–Crippen LogP) is 3.20. The van der Waals surface area contributed by atoms with Crippen molar-refractivity contribution in [1.82, 2.24) is 25.1 Å². The van der Waals surface area contributed by atoms with Gasteiger partial charge in [-0.15, -0.1) is 11.3 Å². The number of aromatic nitrogens is 2. The van der Waals surface area contributed by atoms with Crippen molar-refractivity contribution >= 4 is 74.4 Å². The third-order valence-corrected chi connectivity index (χ3v) is 7.78. The average molecular weight is 548 g/mol. The Morgan fingerprint density at radius 2 is 1.94 bits per heavy atom. The second kappa shape index (κ2) is 10.1. The number of halogens is 2. The number of hydrogen-bond acceptors (Lipinski definition) is 8. The van der Waals surface area contributed by atoms with Gasteiger partial charge in [0.25, 0.3) is 0 Å². The van der Waals surface area contributed by atoms with E-state index in [-0.39, 0.29) is 18.2 Å². The third kappa shape index (κ3) is 4.91. The number of carbonyl (C=O) groups excluding carboxylic acids is 3. The van der Waals surface area contributed by atoms with Gasteiger partial charge in [0, 0.05) is 49.8 Å². The predicted molar refractivity (Wildman–Crippen MR) is 140 cm³/mol. The van der Waals surface area contributed by atoms with E-state index in [0.717, 1.165) is 20.7 Å². The van der Waals surface area contributed by atoms with Crippen molar-refractivity contribution in [1.29, 1.82) is 0 Å². The average Bonchev–Trinajstić information content (AvgIpc) is 3.35. The zero-order valence-electron chi connectivity index (χ0n) is 19.3. The smallest absolute Gasteiger partial charge is 0.324 e. The summed E-state index contributed by atoms with van der Waals surface area (Å²) in [7, 11) is 1.40. The number of fused-ring (bicyclic) bond motifs is 1. The van der Waals surface area contributed by atoms with Crippen molar-refractivity contribution in [3.05, 3.63) is 45.3 Å². The van der Waals surface area contributed by atoms with Crippen LogP contribution in [0.5, 0.6) is 0 Å². The Balaban J connectivity index is 1.27. The molecule has 4 heterocycles. The van der Waals surface area contributed by atoms with Gasteiger partial charge < -0.3 is 20.4 Å². The Bertz CT molecular complexity index is 1320. The van der Waals surface area contributed by atoms with Crippen LogP contribution < -0.4 is 15.5 Å². The summed E-state index contributed by atoms with van der Waals surface area (Å²) in [6, 6.07) is 5.94. The molecule has 13 heteroatoms. The van der Waals surface area contributed by atoms with Crippen LogP contribution in [0.25, 0.3) is 10.2 Å². The van der Waals surface area contributed by atoms with E-state index in [1.165, 1.54) is 7.05 Å². The van der Waals surface area contributed by atoms with Gasteiger partial charge in [0.15, 0.2) is 0 Å². The summed E-state index contributed by atoms with van der Waals surface area (Å²) in [5.74, 6) is 0.663. The number of carbonyl (C=O) groups is 3. The van der Waals surface area contributed by atoms with Crippen LogP contribution in [-0.4, -0.2) is 76.9 Å². The molecule has 4 amide bonds. The molecule has 2 aliphatic rings. The van der Waals surface area contributed by atoms with Gasteiger partial charge in [0.05, 0.1) is 16.6 Å². The van der Waals surface area contributed by atoms with Crippen molar-refractivity contribution in [2.75, 3.05) is 43.4 Å². The van der Waals surface area contributed by atoms with Crippen LogP contribution in [0.1, 0.15) is 12.0 Å². The van der Waals surface area contributed by atoms with Crippen molar-refractivity contribution in [3.63, 3.8) is 0 Å². The Kier molecular flexibility index (Phi) is 6.87. The molecule has 0 radical (unpaired) electrons. The van der Waals surface area contributed by atoms with Crippen molar-refractivity contribution in [3.8, 4) is 0 Å². The number of thiophene rings is 1. The third-order valence-electron chi connectivity index (χ3n) is 6.28. The number of anilines is 2. The number of amides is 4. The van der Waals surface area contributed by atoms with E-state index in [9.17, 15) is 14.4 Å². The number of rotatable bonds is 5. The van der Waals surface area contributed by atoms with Gasteiger partial charge in [-0.05, 0) is 29.1 Å². The maximum Gasteiger partial charge on any atom is 0.324 e. The van der Waals surface area contributed by atoms with E-state index < -0.39 is 12.1 Å². The van der Waals surface area contributed by atoms with Crippen LogP contribution in [0.15, 0.2) is 29.6 Å². The second-order valence-electron chi connectivity index (χ2n) is 8.57. The quantitative estimate of drug-likeness (QED) is 0.504. The minimum atomic E-state index is -0.832. The summed E-state index contributed by atoms with van der Waals surface area (Å²) in [5.41, 5.74) is 1.73. The molecule has 2 fully saturated rings. The highest BCUT2D eigenvalue weighted by atomic mass is 35.5. The second-order valence-corrected chi connectivity index (χ2v) is 10.3. The van der Waals surface area contributed by atoms with E-state index in [4.69, 9.17) is 33.2 Å². The molecule has 10 nitrogen and oxygen atoms in total. The monoisotopic (exact) mass is 547 g/mol. The van der Waals surface area contributed by atoms with Gasteiger partial charge in [-0.1, -0.05) is 29.3 Å². The summed E-state index contributed by atoms with van der Waals surface area (Å²) >= 11 is 13.9. The minimum absolute atomic E-state index is 0.0358. The molecule has 2 aliphatic heterocycles. The summed E-state index contributed by atoms with van der Waals surface area (Å²) < 4.78 is 0.945.